The number of hydrogen-bond acceptors (Lipinski definition) is 2. The number of hydrogen-bond donors (Lipinski definition) is 2. The van der Waals surface area contributed by atoms with Gasteiger partial charge in [-0.25, -0.2) is 0 Å². The van der Waals surface area contributed by atoms with Crippen LogP contribution in [-0.2, 0) is 5.54 Å². The molecule has 0 aromatic heterocycles. The van der Waals surface area contributed by atoms with E-state index in [1.54, 1.807) is 0 Å². The lowest BCUT2D eigenvalue weighted by atomic mass is 9.87. The molecule has 0 radical (unpaired) electrons. The van der Waals surface area contributed by atoms with Crippen molar-refractivity contribution in [3.63, 3.8) is 0 Å². The third kappa shape index (κ3) is 3.09. The number of anilines is 1. The Morgan fingerprint density at radius 1 is 1.11 bits per heavy atom. The average molecular weight is 276 g/mol. The normalized spacial score (nSPS) is 13.8. The molecule has 0 saturated heterocycles. The predicted molar refractivity (Wildman–Crippen MR) is 80.6 cm³/mol. The van der Waals surface area contributed by atoms with Gasteiger partial charge in [-0.15, -0.1) is 0 Å². The molecule has 0 heterocycles. The minimum Gasteiger partial charge on any atom is -0.394 e. The SMILES string of the molecule is CCC(CO)(Nc1ccccc1)c1cccc(Cl)c1. The summed E-state index contributed by atoms with van der Waals surface area (Å²) < 4.78 is 0. The molecule has 0 aliphatic carbocycles. The summed E-state index contributed by atoms with van der Waals surface area (Å²) >= 11 is 6.06. The highest BCUT2D eigenvalue weighted by atomic mass is 35.5. The summed E-state index contributed by atoms with van der Waals surface area (Å²) in [5.74, 6) is 0. The van der Waals surface area contributed by atoms with E-state index in [0.29, 0.717) is 5.02 Å². The van der Waals surface area contributed by atoms with Crippen LogP contribution >= 0.6 is 11.6 Å². The number of nitrogens with one attached hydrogen (secondary N) is 1. The van der Waals surface area contributed by atoms with E-state index in [4.69, 9.17) is 11.6 Å². The quantitative estimate of drug-likeness (QED) is 0.863. The third-order valence-electron chi connectivity index (χ3n) is 3.41. The molecule has 0 aliphatic heterocycles. The molecule has 2 N–H and O–H groups in total. The van der Waals surface area contributed by atoms with Crippen molar-refractivity contribution in [2.45, 2.75) is 18.9 Å². The lowest BCUT2D eigenvalue weighted by molar-refractivity contribution is 0.207. The van der Waals surface area contributed by atoms with Gasteiger partial charge in [-0.05, 0) is 36.2 Å². The van der Waals surface area contributed by atoms with E-state index in [-0.39, 0.29) is 6.61 Å². The fourth-order valence-electron chi connectivity index (χ4n) is 2.19. The molecular weight excluding hydrogens is 258 g/mol. The Hall–Kier alpha value is -1.51. The van der Waals surface area contributed by atoms with Crippen LogP contribution in [0.4, 0.5) is 5.69 Å². The predicted octanol–water partition coefficient (Wildman–Crippen LogP) is 4.05. The van der Waals surface area contributed by atoms with Crippen molar-refractivity contribution >= 4 is 17.3 Å². The Bertz CT molecular complexity index is 523. The Kier molecular flexibility index (Phi) is 4.46. The molecule has 0 amide bonds. The van der Waals surface area contributed by atoms with E-state index in [1.165, 1.54) is 0 Å². The number of halogens is 1. The van der Waals surface area contributed by atoms with Crippen molar-refractivity contribution in [1.29, 1.82) is 0 Å². The molecule has 19 heavy (non-hydrogen) atoms. The molecule has 1 atom stereocenters. The molecule has 2 aromatic carbocycles. The molecule has 0 bridgehead atoms. The third-order valence-corrected chi connectivity index (χ3v) is 3.64. The van der Waals surface area contributed by atoms with Gasteiger partial charge in [0.1, 0.15) is 0 Å². The van der Waals surface area contributed by atoms with Crippen LogP contribution in [0, 0.1) is 0 Å². The zero-order valence-corrected chi connectivity index (χ0v) is 11.7. The number of benzene rings is 2. The summed E-state index contributed by atoms with van der Waals surface area (Å²) in [4.78, 5) is 0. The Labute approximate surface area is 119 Å². The van der Waals surface area contributed by atoms with Gasteiger partial charge in [-0.2, -0.15) is 0 Å². The van der Waals surface area contributed by atoms with Crippen LogP contribution in [0.2, 0.25) is 5.02 Å². The topological polar surface area (TPSA) is 32.3 Å². The van der Waals surface area contributed by atoms with E-state index >= 15 is 0 Å². The monoisotopic (exact) mass is 275 g/mol. The lowest BCUT2D eigenvalue weighted by Gasteiger charge is -2.34. The maximum absolute atomic E-state index is 9.88. The highest BCUT2D eigenvalue weighted by molar-refractivity contribution is 6.30. The first-order valence-electron chi connectivity index (χ1n) is 6.40. The minimum atomic E-state index is -0.508. The average Bonchev–Trinajstić information content (AvgIpc) is 2.46. The van der Waals surface area contributed by atoms with E-state index < -0.39 is 5.54 Å². The Morgan fingerprint density at radius 3 is 2.42 bits per heavy atom. The van der Waals surface area contributed by atoms with Crippen LogP contribution in [-0.4, -0.2) is 11.7 Å². The van der Waals surface area contributed by atoms with Crippen molar-refractivity contribution in [1.82, 2.24) is 0 Å². The molecule has 2 nitrogen and oxygen atoms in total. The standard InChI is InChI=1S/C16H18ClNO/c1-2-16(12-19,13-7-6-8-14(17)11-13)18-15-9-4-3-5-10-15/h3-11,18-19H,2,12H2,1H3. The summed E-state index contributed by atoms with van der Waals surface area (Å²) in [6.45, 7) is 2.06. The first-order valence-corrected chi connectivity index (χ1v) is 6.78. The maximum atomic E-state index is 9.88. The summed E-state index contributed by atoms with van der Waals surface area (Å²) in [5.41, 5.74) is 1.47. The zero-order valence-electron chi connectivity index (χ0n) is 10.9. The van der Waals surface area contributed by atoms with Crippen molar-refractivity contribution in [2.75, 3.05) is 11.9 Å². The number of aliphatic hydroxyl groups excluding tert-OH is 1. The summed E-state index contributed by atoms with van der Waals surface area (Å²) in [5, 5.41) is 14.0. The van der Waals surface area contributed by atoms with Gasteiger partial charge in [0.05, 0.1) is 12.1 Å². The van der Waals surface area contributed by atoms with Crippen molar-refractivity contribution < 1.29 is 5.11 Å². The van der Waals surface area contributed by atoms with E-state index in [1.807, 2.05) is 61.5 Å². The lowest BCUT2D eigenvalue weighted by Crippen LogP contribution is -2.38. The van der Waals surface area contributed by atoms with Crippen molar-refractivity contribution in [3.05, 3.63) is 65.2 Å². The highest BCUT2D eigenvalue weighted by Gasteiger charge is 2.29. The smallest absolute Gasteiger partial charge is 0.0854 e. The first kappa shape index (κ1) is 13.9. The number of rotatable bonds is 5. The van der Waals surface area contributed by atoms with Crippen LogP contribution in [0.15, 0.2) is 54.6 Å². The molecule has 100 valence electrons. The second-order valence-electron chi connectivity index (χ2n) is 4.60. The van der Waals surface area contributed by atoms with Crippen LogP contribution in [0.3, 0.4) is 0 Å². The molecule has 3 heteroatoms. The second kappa shape index (κ2) is 6.09. The van der Waals surface area contributed by atoms with Gasteiger partial charge >= 0.3 is 0 Å². The van der Waals surface area contributed by atoms with Gasteiger partial charge in [0.2, 0.25) is 0 Å². The van der Waals surface area contributed by atoms with E-state index in [2.05, 4.69) is 5.32 Å². The fraction of sp³-hybridized carbons (Fsp3) is 0.250. The van der Waals surface area contributed by atoms with Gasteiger partial charge < -0.3 is 10.4 Å². The number of para-hydroxylation sites is 1. The van der Waals surface area contributed by atoms with Gasteiger partial charge in [0.15, 0.2) is 0 Å². The molecule has 2 rings (SSSR count). The van der Waals surface area contributed by atoms with Gasteiger partial charge in [0.25, 0.3) is 0 Å². The molecular formula is C16H18ClNO. The van der Waals surface area contributed by atoms with E-state index in [9.17, 15) is 5.11 Å². The fourth-order valence-corrected chi connectivity index (χ4v) is 2.38. The van der Waals surface area contributed by atoms with Crippen LogP contribution < -0.4 is 5.32 Å². The first-order chi connectivity index (χ1) is 9.20. The maximum Gasteiger partial charge on any atom is 0.0854 e. The zero-order chi connectivity index (χ0) is 13.7. The number of aliphatic hydroxyl groups is 1. The molecule has 1 unspecified atom stereocenters. The van der Waals surface area contributed by atoms with Gasteiger partial charge in [0, 0.05) is 10.7 Å². The highest BCUT2D eigenvalue weighted by Crippen LogP contribution is 2.30. The van der Waals surface area contributed by atoms with Gasteiger partial charge in [-0.1, -0.05) is 48.9 Å². The van der Waals surface area contributed by atoms with E-state index in [0.717, 1.165) is 17.7 Å². The molecule has 0 spiro atoms. The molecule has 0 saturated carbocycles. The molecule has 0 aliphatic rings. The summed E-state index contributed by atoms with van der Waals surface area (Å²) in [7, 11) is 0. The van der Waals surface area contributed by atoms with Crippen LogP contribution in [0.25, 0.3) is 0 Å². The summed E-state index contributed by atoms with van der Waals surface area (Å²) in [6.07, 6.45) is 0.763. The minimum absolute atomic E-state index is 0.0126. The molecule has 0 fully saturated rings. The Balaban J connectivity index is 2.37. The van der Waals surface area contributed by atoms with Crippen molar-refractivity contribution in [2.24, 2.45) is 0 Å². The summed E-state index contributed by atoms with van der Waals surface area (Å²) in [6, 6.07) is 17.5. The van der Waals surface area contributed by atoms with Crippen LogP contribution in [0.1, 0.15) is 18.9 Å². The van der Waals surface area contributed by atoms with Crippen molar-refractivity contribution in [3.8, 4) is 0 Å². The largest absolute Gasteiger partial charge is 0.394 e. The second-order valence-corrected chi connectivity index (χ2v) is 5.03. The van der Waals surface area contributed by atoms with Gasteiger partial charge in [-0.3, -0.25) is 0 Å². The Morgan fingerprint density at radius 2 is 1.84 bits per heavy atom. The molecule has 2 aromatic rings. The van der Waals surface area contributed by atoms with Crippen LogP contribution in [0.5, 0.6) is 0 Å².